The Morgan fingerprint density at radius 3 is 2.93 bits per heavy atom. The number of aliphatic hydroxyl groups is 1. The molecule has 3 heteroatoms. The van der Waals surface area contributed by atoms with Gasteiger partial charge in [0.05, 0.1) is 5.52 Å². The van der Waals surface area contributed by atoms with Crippen molar-refractivity contribution in [3.8, 4) is 0 Å². The van der Waals surface area contributed by atoms with Crippen LogP contribution in [0.15, 0.2) is 42.7 Å². The van der Waals surface area contributed by atoms with E-state index in [1.54, 1.807) is 19.4 Å². The zero-order chi connectivity index (χ0) is 10.7. The van der Waals surface area contributed by atoms with Crippen LogP contribution in [0.4, 0.5) is 0 Å². The van der Waals surface area contributed by atoms with Gasteiger partial charge in [-0.15, -0.1) is 0 Å². The van der Waals surface area contributed by atoms with E-state index in [0.717, 1.165) is 16.5 Å². The molecule has 3 nitrogen and oxygen atoms in total. The van der Waals surface area contributed by atoms with Crippen LogP contribution in [0.25, 0.3) is 16.7 Å². The second kappa shape index (κ2) is 4.00. The first kappa shape index (κ1) is 9.52. The van der Waals surface area contributed by atoms with Crippen molar-refractivity contribution in [3.05, 3.63) is 48.3 Å². The molecule has 0 unspecified atom stereocenters. The number of rotatable bonds is 2. The van der Waals surface area contributed by atoms with Crippen molar-refractivity contribution in [3.63, 3.8) is 0 Å². The van der Waals surface area contributed by atoms with E-state index in [9.17, 15) is 5.11 Å². The quantitative estimate of drug-likeness (QED) is 0.731. The number of pyridine rings is 1. The molecule has 0 atom stereocenters. The Labute approximate surface area is 88.1 Å². The minimum Gasteiger partial charge on any atom is -0.506 e. The van der Waals surface area contributed by atoms with Crippen LogP contribution in [0.3, 0.4) is 0 Å². The Morgan fingerprint density at radius 2 is 2.13 bits per heavy atom. The molecular formula is C12H12N2O. The van der Waals surface area contributed by atoms with Gasteiger partial charge >= 0.3 is 0 Å². The van der Waals surface area contributed by atoms with Crippen molar-refractivity contribution in [1.29, 1.82) is 0 Å². The summed E-state index contributed by atoms with van der Waals surface area (Å²) in [6.07, 6.45) is 3.27. The maximum Gasteiger partial charge on any atom is 0.140 e. The largest absolute Gasteiger partial charge is 0.506 e. The summed E-state index contributed by atoms with van der Waals surface area (Å²) in [7, 11) is 1.74. The highest BCUT2D eigenvalue weighted by Gasteiger charge is 2.04. The molecule has 0 aliphatic rings. The third-order valence-corrected chi connectivity index (χ3v) is 2.19. The molecule has 0 saturated heterocycles. The number of fused-ring (bicyclic) bond motifs is 1. The van der Waals surface area contributed by atoms with Crippen LogP contribution in [-0.4, -0.2) is 17.1 Å². The van der Waals surface area contributed by atoms with Crippen molar-refractivity contribution in [1.82, 2.24) is 10.3 Å². The molecule has 1 heterocycles. The highest BCUT2D eigenvalue weighted by molar-refractivity contribution is 5.88. The summed E-state index contributed by atoms with van der Waals surface area (Å²) in [5, 5.41) is 13.6. The number of benzene rings is 1. The molecule has 0 fully saturated rings. The summed E-state index contributed by atoms with van der Waals surface area (Å²) < 4.78 is 0. The van der Waals surface area contributed by atoms with Crippen LogP contribution in [0.5, 0.6) is 0 Å². The molecule has 0 aliphatic heterocycles. The molecule has 0 bridgehead atoms. The molecule has 1 aromatic heterocycles. The third-order valence-electron chi connectivity index (χ3n) is 2.19. The number of nitrogens with zero attached hydrogens (tertiary/aromatic N) is 1. The van der Waals surface area contributed by atoms with Gasteiger partial charge in [0.15, 0.2) is 0 Å². The van der Waals surface area contributed by atoms with E-state index in [1.807, 2.05) is 30.3 Å². The van der Waals surface area contributed by atoms with E-state index in [-0.39, 0.29) is 5.76 Å². The molecule has 76 valence electrons. The normalized spacial score (nSPS) is 11.7. The predicted molar refractivity (Wildman–Crippen MR) is 61.4 cm³/mol. The van der Waals surface area contributed by atoms with Gasteiger partial charge in [-0.25, -0.2) is 0 Å². The predicted octanol–water partition coefficient (Wildman–Crippen LogP) is 2.31. The Hall–Kier alpha value is -2.03. The summed E-state index contributed by atoms with van der Waals surface area (Å²) >= 11 is 0. The fraction of sp³-hybridized carbons (Fsp3) is 0.0833. The standard InChI is InChI=1S/C12H12N2O/c1-13-8-11(15)10-6-2-4-9-5-3-7-14-12(9)10/h2-8,13,15H,1H3/b11-8-. The number of hydrogen-bond acceptors (Lipinski definition) is 3. The molecule has 0 amide bonds. The van der Waals surface area contributed by atoms with Crippen molar-refractivity contribution in [2.24, 2.45) is 0 Å². The number of aliphatic hydroxyl groups excluding tert-OH is 1. The molecular weight excluding hydrogens is 188 g/mol. The van der Waals surface area contributed by atoms with Gasteiger partial charge in [0.25, 0.3) is 0 Å². The lowest BCUT2D eigenvalue weighted by Gasteiger charge is -2.04. The Kier molecular flexibility index (Phi) is 2.54. The summed E-state index contributed by atoms with van der Waals surface area (Å²) in [4.78, 5) is 4.26. The van der Waals surface area contributed by atoms with Crippen molar-refractivity contribution in [2.75, 3.05) is 7.05 Å². The first-order chi connectivity index (χ1) is 7.33. The minimum absolute atomic E-state index is 0.196. The van der Waals surface area contributed by atoms with Crippen molar-refractivity contribution >= 4 is 16.7 Å². The van der Waals surface area contributed by atoms with E-state index in [4.69, 9.17) is 0 Å². The molecule has 0 radical (unpaired) electrons. The van der Waals surface area contributed by atoms with Gasteiger partial charge in [0.1, 0.15) is 5.76 Å². The molecule has 15 heavy (non-hydrogen) atoms. The molecule has 2 N–H and O–H groups in total. The third kappa shape index (κ3) is 1.76. The maximum absolute atomic E-state index is 9.78. The van der Waals surface area contributed by atoms with Gasteiger partial charge in [-0.05, 0) is 12.1 Å². The monoisotopic (exact) mass is 200 g/mol. The van der Waals surface area contributed by atoms with Gasteiger partial charge in [-0.1, -0.05) is 18.2 Å². The molecule has 2 aromatic rings. The van der Waals surface area contributed by atoms with Gasteiger partial charge in [-0.2, -0.15) is 0 Å². The van der Waals surface area contributed by atoms with Crippen molar-refractivity contribution < 1.29 is 5.11 Å². The summed E-state index contributed by atoms with van der Waals surface area (Å²) in [5.74, 6) is 0.196. The lowest BCUT2D eigenvalue weighted by Crippen LogP contribution is -1.96. The lowest BCUT2D eigenvalue weighted by atomic mass is 10.1. The second-order valence-corrected chi connectivity index (χ2v) is 3.20. The highest BCUT2D eigenvalue weighted by atomic mass is 16.3. The Bertz CT molecular complexity index is 500. The smallest absolute Gasteiger partial charge is 0.140 e. The first-order valence-electron chi connectivity index (χ1n) is 4.73. The lowest BCUT2D eigenvalue weighted by molar-refractivity contribution is 0.509. The molecule has 2 rings (SSSR count). The van der Waals surface area contributed by atoms with E-state index in [2.05, 4.69) is 10.3 Å². The van der Waals surface area contributed by atoms with Crippen LogP contribution in [0.2, 0.25) is 0 Å². The van der Waals surface area contributed by atoms with Gasteiger partial charge in [0.2, 0.25) is 0 Å². The van der Waals surface area contributed by atoms with Crippen LogP contribution >= 0.6 is 0 Å². The zero-order valence-electron chi connectivity index (χ0n) is 8.44. The van der Waals surface area contributed by atoms with Gasteiger partial charge in [-0.3, -0.25) is 4.98 Å². The SMILES string of the molecule is CN/C=C(\O)c1cccc2cccnc12. The fourth-order valence-corrected chi connectivity index (χ4v) is 1.53. The summed E-state index contributed by atoms with van der Waals surface area (Å²) in [6.45, 7) is 0. The summed E-state index contributed by atoms with van der Waals surface area (Å²) in [5.41, 5.74) is 1.55. The van der Waals surface area contributed by atoms with Crippen LogP contribution in [0, 0.1) is 0 Å². The molecule has 0 saturated carbocycles. The van der Waals surface area contributed by atoms with E-state index < -0.39 is 0 Å². The molecule has 0 spiro atoms. The first-order valence-corrected chi connectivity index (χ1v) is 4.73. The van der Waals surface area contributed by atoms with E-state index in [0.29, 0.717) is 0 Å². The number of aromatic nitrogens is 1. The second-order valence-electron chi connectivity index (χ2n) is 3.20. The zero-order valence-corrected chi connectivity index (χ0v) is 8.44. The van der Waals surface area contributed by atoms with Crippen LogP contribution < -0.4 is 5.32 Å². The average Bonchev–Trinajstić information content (AvgIpc) is 2.28. The number of nitrogens with one attached hydrogen (secondary N) is 1. The fourth-order valence-electron chi connectivity index (χ4n) is 1.53. The van der Waals surface area contributed by atoms with E-state index >= 15 is 0 Å². The molecule has 1 aromatic carbocycles. The number of para-hydroxylation sites is 1. The minimum atomic E-state index is 0.196. The van der Waals surface area contributed by atoms with Gasteiger partial charge in [0, 0.05) is 30.4 Å². The Morgan fingerprint density at radius 1 is 1.33 bits per heavy atom. The Balaban J connectivity index is 2.66. The topological polar surface area (TPSA) is 45.1 Å². The maximum atomic E-state index is 9.78. The molecule has 0 aliphatic carbocycles. The van der Waals surface area contributed by atoms with Crippen LogP contribution in [0.1, 0.15) is 5.56 Å². The summed E-state index contributed by atoms with van der Waals surface area (Å²) in [6, 6.07) is 9.57. The average molecular weight is 200 g/mol. The number of hydrogen-bond donors (Lipinski definition) is 2. The van der Waals surface area contributed by atoms with Gasteiger partial charge < -0.3 is 10.4 Å². The van der Waals surface area contributed by atoms with Crippen molar-refractivity contribution in [2.45, 2.75) is 0 Å². The highest BCUT2D eigenvalue weighted by Crippen LogP contribution is 2.20. The van der Waals surface area contributed by atoms with E-state index in [1.165, 1.54) is 0 Å². The van der Waals surface area contributed by atoms with Crippen LogP contribution in [-0.2, 0) is 0 Å².